The highest BCUT2D eigenvalue weighted by molar-refractivity contribution is 5.97. The molecule has 0 fully saturated rings. The molecule has 1 amide bonds. The van der Waals surface area contributed by atoms with Crippen LogP contribution in [0.3, 0.4) is 0 Å². The van der Waals surface area contributed by atoms with Gasteiger partial charge in [0.15, 0.2) is 12.3 Å². The Kier molecular flexibility index (Phi) is 6.68. The van der Waals surface area contributed by atoms with E-state index < -0.39 is 11.5 Å². The minimum Gasteiger partial charge on any atom is -0.483 e. The minimum absolute atomic E-state index is 0.171. The second kappa shape index (κ2) is 9.84. The Balaban J connectivity index is 1.40. The number of aromatic nitrogens is 2. The third kappa shape index (κ3) is 5.24. The largest absolute Gasteiger partial charge is 0.483 e. The number of anilines is 1. The predicted octanol–water partition coefficient (Wildman–Crippen LogP) is 3.90. The summed E-state index contributed by atoms with van der Waals surface area (Å²) >= 11 is 0. The summed E-state index contributed by atoms with van der Waals surface area (Å²) in [6.07, 6.45) is 0. The van der Waals surface area contributed by atoms with Crippen molar-refractivity contribution in [1.82, 2.24) is 9.56 Å². The highest BCUT2D eigenvalue weighted by Gasteiger charge is 2.16. The van der Waals surface area contributed by atoms with Crippen LogP contribution in [0.1, 0.15) is 38.5 Å². The molecule has 2 aromatic carbocycles. The maximum atomic E-state index is 12.7. The average Bonchev–Trinajstić information content (AvgIpc) is 3.20. The monoisotopic (exact) mass is 475 g/mol. The molecule has 0 saturated heterocycles. The van der Waals surface area contributed by atoms with Crippen molar-refractivity contribution in [1.29, 1.82) is 0 Å². The molecule has 9 nitrogen and oxygen atoms in total. The van der Waals surface area contributed by atoms with Gasteiger partial charge in [-0.15, -0.1) is 4.57 Å². The molecule has 35 heavy (non-hydrogen) atoms. The quantitative estimate of drug-likeness (QED) is 0.404. The number of esters is 1. The summed E-state index contributed by atoms with van der Waals surface area (Å²) in [6.45, 7) is 6.97. The van der Waals surface area contributed by atoms with Gasteiger partial charge in [-0.1, -0.05) is 18.2 Å². The molecule has 0 unspecified atom stereocenters. The molecule has 0 spiro atoms. The van der Waals surface area contributed by atoms with Crippen LogP contribution in [0.4, 0.5) is 5.69 Å². The average molecular weight is 476 g/mol. The van der Waals surface area contributed by atoms with Crippen LogP contribution in [0.15, 0.2) is 57.8 Å². The molecule has 0 atom stereocenters. The van der Waals surface area contributed by atoms with Crippen molar-refractivity contribution in [2.45, 2.75) is 34.3 Å². The number of nitrogens with one attached hydrogen (secondary N) is 1. The molecule has 0 aliphatic carbocycles. The Labute approximate surface area is 201 Å². The lowest BCUT2D eigenvalue weighted by Gasteiger charge is -2.14. The summed E-state index contributed by atoms with van der Waals surface area (Å²) in [6, 6.07) is 13.5. The Hall–Kier alpha value is -4.40. The van der Waals surface area contributed by atoms with E-state index >= 15 is 0 Å². The van der Waals surface area contributed by atoms with Crippen molar-refractivity contribution >= 4 is 23.2 Å². The number of hydrogen-bond acceptors (Lipinski definition) is 7. The predicted molar refractivity (Wildman–Crippen MR) is 129 cm³/mol. The standard InChI is InChI=1S/C26H25N3O6/c1-15-7-5-10-22(17(15)3)33-14-24(30)28-21-9-6-8-20(18(21)4)26(32)34-13-19-12-25(31)29-23(27-19)11-16(2)35-29/h5-12H,13-14H2,1-4H3,(H,28,30). The zero-order valence-electron chi connectivity index (χ0n) is 19.9. The number of amides is 1. The number of rotatable bonds is 7. The molecule has 0 aliphatic heterocycles. The van der Waals surface area contributed by atoms with Crippen LogP contribution in [0.2, 0.25) is 0 Å². The molecule has 9 heteroatoms. The fourth-order valence-corrected chi connectivity index (χ4v) is 3.57. The molecule has 4 rings (SSSR count). The Bertz CT molecular complexity index is 1480. The van der Waals surface area contributed by atoms with Crippen LogP contribution in [0.5, 0.6) is 5.75 Å². The normalized spacial score (nSPS) is 10.9. The maximum absolute atomic E-state index is 12.7. The maximum Gasteiger partial charge on any atom is 0.338 e. The van der Waals surface area contributed by atoms with Gasteiger partial charge in [-0.3, -0.25) is 9.59 Å². The molecule has 2 aromatic heterocycles. The summed E-state index contributed by atoms with van der Waals surface area (Å²) < 4.78 is 17.4. The number of carbonyl (C=O) groups is 2. The summed E-state index contributed by atoms with van der Waals surface area (Å²) in [5.41, 5.74) is 3.59. The van der Waals surface area contributed by atoms with E-state index in [1.54, 1.807) is 38.1 Å². The van der Waals surface area contributed by atoms with Crippen molar-refractivity contribution in [2.75, 3.05) is 11.9 Å². The van der Waals surface area contributed by atoms with Gasteiger partial charge in [0.1, 0.15) is 18.1 Å². The first-order valence-corrected chi connectivity index (χ1v) is 11.0. The van der Waals surface area contributed by atoms with Crippen molar-refractivity contribution in [2.24, 2.45) is 0 Å². The van der Waals surface area contributed by atoms with Gasteiger partial charge >= 0.3 is 5.97 Å². The Morgan fingerprint density at radius 3 is 2.60 bits per heavy atom. The molecule has 4 aromatic rings. The van der Waals surface area contributed by atoms with Gasteiger partial charge in [-0.05, 0) is 62.6 Å². The van der Waals surface area contributed by atoms with E-state index in [4.69, 9.17) is 14.0 Å². The van der Waals surface area contributed by atoms with Gasteiger partial charge in [-0.2, -0.15) is 0 Å². The van der Waals surface area contributed by atoms with Crippen LogP contribution >= 0.6 is 0 Å². The van der Waals surface area contributed by atoms with E-state index in [2.05, 4.69) is 10.3 Å². The second-order valence-electron chi connectivity index (χ2n) is 8.17. The molecule has 0 aliphatic rings. The molecule has 1 N–H and O–H groups in total. The van der Waals surface area contributed by atoms with E-state index in [9.17, 15) is 14.4 Å². The number of benzene rings is 2. The van der Waals surface area contributed by atoms with Crippen LogP contribution in [-0.4, -0.2) is 28.0 Å². The van der Waals surface area contributed by atoms with Crippen LogP contribution in [-0.2, 0) is 16.1 Å². The second-order valence-corrected chi connectivity index (χ2v) is 8.17. The lowest BCUT2D eigenvalue weighted by molar-refractivity contribution is -0.118. The van der Waals surface area contributed by atoms with Gasteiger partial charge < -0.3 is 19.3 Å². The number of nitrogens with zero attached hydrogens (tertiary/aromatic N) is 2. The number of hydrogen-bond donors (Lipinski definition) is 1. The SMILES string of the molecule is Cc1cc2nc(COC(=O)c3cccc(NC(=O)COc4cccc(C)c4C)c3C)cc(=O)n2o1. The fraction of sp³-hybridized carbons (Fsp3) is 0.231. The lowest BCUT2D eigenvalue weighted by atomic mass is 10.1. The van der Waals surface area contributed by atoms with Gasteiger partial charge in [0, 0.05) is 17.8 Å². The van der Waals surface area contributed by atoms with Crippen molar-refractivity contribution in [3.8, 4) is 5.75 Å². The van der Waals surface area contributed by atoms with Crippen LogP contribution in [0.25, 0.3) is 5.65 Å². The fourth-order valence-electron chi connectivity index (χ4n) is 3.57. The van der Waals surface area contributed by atoms with E-state index in [1.807, 2.05) is 32.0 Å². The molecular weight excluding hydrogens is 450 g/mol. The highest BCUT2D eigenvalue weighted by Crippen LogP contribution is 2.22. The first-order valence-electron chi connectivity index (χ1n) is 11.0. The summed E-state index contributed by atoms with van der Waals surface area (Å²) in [7, 11) is 0. The summed E-state index contributed by atoms with van der Waals surface area (Å²) in [4.78, 5) is 41.6. The topological polar surface area (TPSA) is 112 Å². The van der Waals surface area contributed by atoms with Gasteiger partial charge in [0.05, 0.1) is 11.3 Å². The molecular formula is C26H25N3O6. The van der Waals surface area contributed by atoms with E-state index in [1.165, 1.54) is 6.07 Å². The Morgan fingerprint density at radius 2 is 1.80 bits per heavy atom. The number of fused-ring (bicyclic) bond motifs is 1. The third-order valence-corrected chi connectivity index (χ3v) is 5.62. The van der Waals surface area contributed by atoms with Crippen molar-refractivity contribution in [3.05, 3.63) is 92.6 Å². The number of ether oxygens (including phenoxy) is 2. The summed E-state index contributed by atoms with van der Waals surface area (Å²) in [5.74, 6) is 0.229. The third-order valence-electron chi connectivity index (χ3n) is 5.62. The van der Waals surface area contributed by atoms with Crippen LogP contribution < -0.4 is 15.6 Å². The first kappa shape index (κ1) is 23.7. The summed E-state index contributed by atoms with van der Waals surface area (Å²) in [5, 5.41) is 2.77. The molecule has 0 saturated carbocycles. The zero-order chi connectivity index (χ0) is 25.1. The van der Waals surface area contributed by atoms with Gasteiger partial charge in [0.25, 0.3) is 11.5 Å². The number of carbonyl (C=O) groups excluding carboxylic acids is 2. The lowest BCUT2D eigenvalue weighted by Crippen LogP contribution is -2.21. The smallest absolute Gasteiger partial charge is 0.338 e. The number of aryl methyl sites for hydroxylation is 2. The van der Waals surface area contributed by atoms with Gasteiger partial charge in [0.2, 0.25) is 0 Å². The van der Waals surface area contributed by atoms with Crippen molar-refractivity contribution < 1.29 is 23.6 Å². The zero-order valence-corrected chi connectivity index (χ0v) is 19.9. The Morgan fingerprint density at radius 1 is 1.03 bits per heavy atom. The highest BCUT2D eigenvalue weighted by atomic mass is 16.5. The van der Waals surface area contributed by atoms with Gasteiger partial charge in [-0.25, -0.2) is 9.78 Å². The van der Waals surface area contributed by atoms with E-state index in [0.29, 0.717) is 34.1 Å². The van der Waals surface area contributed by atoms with E-state index in [-0.39, 0.29) is 24.7 Å². The molecule has 0 bridgehead atoms. The minimum atomic E-state index is -0.601. The van der Waals surface area contributed by atoms with Crippen molar-refractivity contribution in [3.63, 3.8) is 0 Å². The molecule has 180 valence electrons. The first-order chi connectivity index (χ1) is 16.7. The molecule has 0 radical (unpaired) electrons. The van der Waals surface area contributed by atoms with E-state index in [0.717, 1.165) is 15.7 Å². The molecule has 2 heterocycles. The van der Waals surface area contributed by atoms with Crippen LogP contribution in [0, 0.1) is 27.7 Å².